The maximum atomic E-state index is 11.6. The Morgan fingerprint density at radius 3 is 2.65 bits per heavy atom. The summed E-state index contributed by atoms with van der Waals surface area (Å²) in [6.07, 6.45) is 4.76. The second-order valence-electron chi connectivity index (χ2n) is 3.48. The van der Waals surface area contributed by atoms with E-state index < -0.39 is 5.91 Å². The molecule has 1 N–H and O–H groups in total. The number of hydrogen-bond acceptors (Lipinski definition) is 3. The zero-order valence-corrected chi connectivity index (χ0v) is 9.04. The van der Waals surface area contributed by atoms with E-state index in [0.717, 1.165) is 0 Å². The van der Waals surface area contributed by atoms with E-state index in [9.17, 15) is 9.59 Å². The number of hydrogen-bond donors (Lipinski definition) is 1. The number of imide groups is 1. The third kappa shape index (κ3) is 3.01. The number of nitrogens with one attached hydrogen (secondary N) is 1. The van der Waals surface area contributed by atoms with Crippen molar-refractivity contribution in [1.82, 2.24) is 14.9 Å². The first kappa shape index (κ1) is 11.1. The van der Waals surface area contributed by atoms with E-state index in [1.165, 1.54) is 6.33 Å². The molecule has 17 heavy (non-hydrogen) atoms. The van der Waals surface area contributed by atoms with Crippen molar-refractivity contribution < 1.29 is 9.59 Å². The van der Waals surface area contributed by atoms with Crippen LogP contribution in [0.15, 0.2) is 49.1 Å². The van der Waals surface area contributed by atoms with Crippen molar-refractivity contribution in [2.24, 2.45) is 0 Å². The first-order valence-corrected chi connectivity index (χ1v) is 5.10. The lowest BCUT2D eigenvalue weighted by Gasteiger charge is -2.04. The average Bonchev–Trinajstić information content (AvgIpc) is 2.82. The zero-order chi connectivity index (χ0) is 12.1. The molecule has 0 radical (unpaired) electrons. The van der Waals surface area contributed by atoms with E-state index in [1.54, 1.807) is 41.2 Å². The summed E-state index contributed by atoms with van der Waals surface area (Å²) in [5.41, 5.74) is 0.464. The monoisotopic (exact) mass is 229 g/mol. The minimum atomic E-state index is -0.393. The summed E-state index contributed by atoms with van der Waals surface area (Å²) in [5, 5.41) is 2.31. The Bertz CT molecular complexity index is 506. The number of nitrogens with zero attached hydrogens (tertiary/aromatic N) is 2. The van der Waals surface area contributed by atoms with Crippen molar-refractivity contribution in [3.8, 4) is 0 Å². The first-order valence-electron chi connectivity index (χ1n) is 5.10. The van der Waals surface area contributed by atoms with Crippen molar-refractivity contribution in [2.45, 2.75) is 6.54 Å². The van der Waals surface area contributed by atoms with Gasteiger partial charge in [0.2, 0.25) is 5.91 Å². The van der Waals surface area contributed by atoms with E-state index >= 15 is 0 Å². The van der Waals surface area contributed by atoms with Crippen LogP contribution in [0.5, 0.6) is 0 Å². The summed E-state index contributed by atoms with van der Waals surface area (Å²) in [6.45, 7) is 0.0819. The highest BCUT2D eigenvalue weighted by Crippen LogP contribution is 1.97. The van der Waals surface area contributed by atoms with Crippen LogP contribution in [0.1, 0.15) is 10.4 Å². The lowest BCUT2D eigenvalue weighted by molar-refractivity contribution is -0.120. The molecule has 2 amide bonds. The van der Waals surface area contributed by atoms with E-state index in [0.29, 0.717) is 5.56 Å². The minimum Gasteiger partial charge on any atom is -0.328 e. The molecule has 0 aliphatic rings. The predicted octanol–water partition coefficient (Wildman–Crippen LogP) is 0.840. The Balaban J connectivity index is 1.93. The molecular weight excluding hydrogens is 218 g/mol. The Kier molecular flexibility index (Phi) is 3.30. The molecule has 0 saturated carbocycles. The van der Waals surface area contributed by atoms with Crippen LogP contribution >= 0.6 is 0 Å². The predicted molar refractivity (Wildman–Crippen MR) is 61.1 cm³/mol. The van der Waals surface area contributed by atoms with Crippen LogP contribution in [-0.4, -0.2) is 21.4 Å². The van der Waals surface area contributed by atoms with Crippen molar-refractivity contribution in [2.75, 3.05) is 0 Å². The lowest BCUT2D eigenvalue weighted by Crippen LogP contribution is -2.33. The fourth-order valence-electron chi connectivity index (χ4n) is 1.37. The van der Waals surface area contributed by atoms with Crippen molar-refractivity contribution in [3.63, 3.8) is 0 Å². The fraction of sp³-hybridized carbons (Fsp3) is 0.0833. The molecule has 5 heteroatoms. The van der Waals surface area contributed by atoms with Crippen LogP contribution in [0, 0.1) is 0 Å². The smallest absolute Gasteiger partial charge is 0.257 e. The molecule has 0 aliphatic heterocycles. The third-order valence-corrected chi connectivity index (χ3v) is 2.17. The summed E-state index contributed by atoms with van der Waals surface area (Å²) in [5.74, 6) is -0.757. The summed E-state index contributed by atoms with van der Waals surface area (Å²) in [7, 11) is 0. The standard InChI is InChI=1S/C12H11N3O2/c16-11(8-15-7-6-13-9-15)14-12(17)10-4-2-1-3-5-10/h1-7,9H,8H2,(H,14,16,17). The largest absolute Gasteiger partial charge is 0.328 e. The van der Waals surface area contributed by atoms with E-state index in [4.69, 9.17) is 0 Å². The van der Waals surface area contributed by atoms with Crippen LogP contribution in [0.2, 0.25) is 0 Å². The van der Waals surface area contributed by atoms with Crippen LogP contribution in [0.25, 0.3) is 0 Å². The van der Waals surface area contributed by atoms with Gasteiger partial charge in [-0.05, 0) is 12.1 Å². The van der Waals surface area contributed by atoms with Gasteiger partial charge in [-0.3, -0.25) is 14.9 Å². The van der Waals surface area contributed by atoms with Gasteiger partial charge < -0.3 is 4.57 Å². The maximum absolute atomic E-state index is 11.6. The molecule has 1 heterocycles. The second kappa shape index (κ2) is 5.07. The van der Waals surface area contributed by atoms with Gasteiger partial charge in [-0.15, -0.1) is 0 Å². The Morgan fingerprint density at radius 2 is 2.00 bits per heavy atom. The Labute approximate surface area is 98.1 Å². The van der Waals surface area contributed by atoms with Crippen LogP contribution in [0.4, 0.5) is 0 Å². The van der Waals surface area contributed by atoms with E-state index in [-0.39, 0.29) is 12.5 Å². The molecule has 2 aromatic rings. The molecule has 2 rings (SSSR count). The highest BCUT2D eigenvalue weighted by molar-refractivity contribution is 6.04. The summed E-state index contributed by atoms with van der Waals surface area (Å²) in [6, 6.07) is 8.61. The van der Waals surface area contributed by atoms with Crippen LogP contribution in [0.3, 0.4) is 0 Å². The molecule has 0 atom stereocenters. The number of rotatable bonds is 3. The molecule has 1 aromatic heterocycles. The minimum absolute atomic E-state index is 0.0819. The van der Waals surface area contributed by atoms with Crippen LogP contribution < -0.4 is 5.32 Å². The zero-order valence-electron chi connectivity index (χ0n) is 9.04. The number of benzene rings is 1. The summed E-state index contributed by atoms with van der Waals surface area (Å²) >= 11 is 0. The number of carbonyl (C=O) groups excluding carboxylic acids is 2. The molecule has 0 fully saturated rings. The Morgan fingerprint density at radius 1 is 1.24 bits per heavy atom. The van der Waals surface area contributed by atoms with Gasteiger partial charge in [0.25, 0.3) is 5.91 Å². The van der Waals surface area contributed by atoms with Crippen LogP contribution in [-0.2, 0) is 11.3 Å². The van der Waals surface area contributed by atoms with E-state index in [2.05, 4.69) is 10.3 Å². The first-order chi connectivity index (χ1) is 8.25. The quantitative estimate of drug-likeness (QED) is 0.848. The van der Waals surface area contributed by atoms with E-state index in [1.807, 2.05) is 6.07 Å². The number of amides is 2. The molecule has 0 saturated heterocycles. The molecule has 0 aliphatic carbocycles. The fourth-order valence-corrected chi connectivity index (χ4v) is 1.37. The molecule has 1 aromatic carbocycles. The Hall–Kier alpha value is -2.43. The van der Waals surface area contributed by atoms with Gasteiger partial charge in [-0.2, -0.15) is 0 Å². The topological polar surface area (TPSA) is 64.0 Å². The van der Waals surface area contributed by atoms with Crippen molar-refractivity contribution >= 4 is 11.8 Å². The highest BCUT2D eigenvalue weighted by atomic mass is 16.2. The van der Waals surface area contributed by atoms with Gasteiger partial charge in [0.1, 0.15) is 6.54 Å². The molecular formula is C12H11N3O2. The van der Waals surface area contributed by atoms with Crippen molar-refractivity contribution in [3.05, 3.63) is 54.6 Å². The lowest BCUT2D eigenvalue weighted by atomic mass is 10.2. The molecule has 0 spiro atoms. The van der Waals surface area contributed by atoms with Gasteiger partial charge in [-0.25, -0.2) is 4.98 Å². The average molecular weight is 229 g/mol. The normalized spacial score (nSPS) is 9.88. The molecule has 0 bridgehead atoms. The van der Waals surface area contributed by atoms with Gasteiger partial charge in [0, 0.05) is 18.0 Å². The number of carbonyl (C=O) groups is 2. The third-order valence-electron chi connectivity index (χ3n) is 2.17. The highest BCUT2D eigenvalue weighted by Gasteiger charge is 2.09. The van der Waals surface area contributed by atoms with Gasteiger partial charge >= 0.3 is 0 Å². The summed E-state index contributed by atoms with van der Waals surface area (Å²) in [4.78, 5) is 27.0. The summed E-state index contributed by atoms with van der Waals surface area (Å²) < 4.78 is 1.59. The second-order valence-corrected chi connectivity index (χ2v) is 3.48. The maximum Gasteiger partial charge on any atom is 0.257 e. The van der Waals surface area contributed by atoms with Gasteiger partial charge in [-0.1, -0.05) is 18.2 Å². The van der Waals surface area contributed by atoms with Crippen molar-refractivity contribution in [1.29, 1.82) is 0 Å². The molecule has 86 valence electrons. The number of imidazole rings is 1. The molecule has 0 unspecified atom stereocenters. The molecule has 5 nitrogen and oxygen atoms in total. The SMILES string of the molecule is O=C(Cn1ccnc1)NC(=O)c1ccccc1. The van der Waals surface area contributed by atoms with Gasteiger partial charge in [0.15, 0.2) is 0 Å². The van der Waals surface area contributed by atoms with Gasteiger partial charge in [0.05, 0.1) is 6.33 Å². The number of aromatic nitrogens is 2.